The van der Waals surface area contributed by atoms with Crippen molar-refractivity contribution in [1.29, 1.82) is 0 Å². The molecule has 2 aromatic carbocycles. The van der Waals surface area contributed by atoms with Gasteiger partial charge in [0.05, 0.1) is 11.5 Å². The van der Waals surface area contributed by atoms with Crippen LogP contribution in [0.3, 0.4) is 0 Å². The molecule has 0 unspecified atom stereocenters. The average Bonchev–Trinajstić information content (AvgIpc) is 2.99. The van der Waals surface area contributed by atoms with Gasteiger partial charge in [-0.1, -0.05) is 22.9 Å². The van der Waals surface area contributed by atoms with Crippen molar-refractivity contribution in [3.8, 4) is 0 Å². The van der Waals surface area contributed by atoms with E-state index in [-0.39, 0.29) is 11.5 Å². The zero-order chi connectivity index (χ0) is 20.3. The molecule has 148 valence electrons. The van der Waals surface area contributed by atoms with Crippen LogP contribution in [0, 0.1) is 0 Å². The summed E-state index contributed by atoms with van der Waals surface area (Å²) in [7, 11) is -3.76. The summed E-state index contributed by atoms with van der Waals surface area (Å²) in [6.45, 7) is 3.96. The molecule has 0 aliphatic rings. The molecule has 1 heterocycles. The first kappa shape index (κ1) is 20.4. The minimum absolute atomic E-state index is 0.139. The summed E-state index contributed by atoms with van der Waals surface area (Å²) in [4.78, 5) is 12.6. The summed E-state index contributed by atoms with van der Waals surface area (Å²) in [6, 6.07) is 11.2. The van der Waals surface area contributed by atoms with E-state index in [1.54, 1.807) is 37.3 Å². The summed E-state index contributed by atoms with van der Waals surface area (Å²) in [5.74, 6) is 0.0708. The number of rotatable bonds is 7. The van der Waals surface area contributed by atoms with Crippen molar-refractivity contribution in [3.63, 3.8) is 0 Å². The zero-order valence-electron chi connectivity index (χ0n) is 15.5. The Bertz CT molecular complexity index is 1100. The van der Waals surface area contributed by atoms with Crippen LogP contribution in [-0.4, -0.2) is 21.0 Å². The number of hydrogen-bond acceptors (Lipinski definition) is 5. The van der Waals surface area contributed by atoms with Crippen molar-refractivity contribution < 1.29 is 22.4 Å². The van der Waals surface area contributed by atoms with E-state index in [0.29, 0.717) is 34.4 Å². The molecule has 0 spiro atoms. The molecule has 0 amide bonds. The lowest BCUT2D eigenvalue weighted by molar-refractivity contribution is 0.0526. The number of benzene rings is 2. The Morgan fingerprint density at radius 1 is 1.14 bits per heavy atom. The van der Waals surface area contributed by atoms with E-state index in [2.05, 4.69) is 20.7 Å². The number of anilines is 1. The molecule has 0 aliphatic carbocycles. The highest BCUT2D eigenvalue weighted by molar-refractivity contribution is 9.10. The van der Waals surface area contributed by atoms with Gasteiger partial charge in [0.15, 0.2) is 0 Å². The predicted octanol–water partition coefficient (Wildman–Crippen LogP) is 5.13. The summed E-state index contributed by atoms with van der Waals surface area (Å²) < 4.78 is 39.6. The predicted molar refractivity (Wildman–Crippen MR) is 111 cm³/mol. The fraction of sp³-hybridized carbons (Fsp3) is 0.250. The van der Waals surface area contributed by atoms with Crippen LogP contribution in [0.1, 0.15) is 36.4 Å². The van der Waals surface area contributed by atoms with Crippen LogP contribution in [-0.2, 0) is 21.2 Å². The normalized spacial score (nSPS) is 11.5. The quantitative estimate of drug-likeness (QED) is 0.489. The van der Waals surface area contributed by atoms with Gasteiger partial charge in [-0.2, -0.15) is 0 Å². The minimum atomic E-state index is -3.76. The van der Waals surface area contributed by atoms with E-state index >= 15 is 0 Å². The Balaban J connectivity index is 2.02. The maximum atomic E-state index is 12.6. The number of halogens is 1. The highest BCUT2D eigenvalue weighted by Crippen LogP contribution is 2.31. The average molecular weight is 466 g/mol. The topological polar surface area (TPSA) is 85.6 Å². The highest BCUT2D eigenvalue weighted by Gasteiger charge is 2.22. The van der Waals surface area contributed by atoms with Gasteiger partial charge in [-0.3, -0.25) is 4.72 Å². The molecule has 0 atom stereocenters. The largest absolute Gasteiger partial charge is 0.462 e. The number of carbonyl (C=O) groups is 1. The van der Waals surface area contributed by atoms with Crippen LogP contribution >= 0.6 is 15.9 Å². The fourth-order valence-electron chi connectivity index (χ4n) is 2.87. The second-order valence-corrected chi connectivity index (χ2v) is 8.74. The number of esters is 1. The first-order valence-corrected chi connectivity index (χ1v) is 11.1. The number of ether oxygens (including phenoxy) is 1. The van der Waals surface area contributed by atoms with Crippen LogP contribution in [0.2, 0.25) is 0 Å². The first-order valence-electron chi connectivity index (χ1n) is 8.86. The van der Waals surface area contributed by atoms with Gasteiger partial charge >= 0.3 is 5.97 Å². The molecular formula is C20H20BrNO5S. The van der Waals surface area contributed by atoms with Gasteiger partial charge in [0.1, 0.15) is 16.9 Å². The molecule has 0 fully saturated rings. The van der Waals surface area contributed by atoms with Crippen molar-refractivity contribution in [1.82, 2.24) is 0 Å². The lowest BCUT2D eigenvalue weighted by Crippen LogP contribution is -2.12. The van der Waals surface area contributed by atoms with Gasteiger partial charge in [-0.05, 0) is 55.8 Å². The molecule has 6 nitrogen and oxygen atoms in total. The van der Waals surface area contributed by atoms with E-state index in [1.165, 1.54) is 12.1 Å². The van der Waals surface area contributed by atoms with Crippen LogP contribution in [0.25, 0.3) is 11.0 Å². The Morgan fingerprint density at radius 2 is 1.86 bits per heavy atom. The zero-order valence-corrected chi connectivity index (χ0v) is 17.9. The molecule has 1 N–H and O–H groups in total. The van der Waals surface area contributed by atoms with Crippen molar-refractivity contribution in [3.05, 3.63) is 58.3 Å². The molecule has 0 bridgehead atoms. The second-order valence-electron chi connectivity index (χ2n) is 6.14. The number of aryl methyl sites for hydroxylation is 1. The molecule has 8 heteroatoms. The Kier molecular flexibility index (Phi) is 6.10. The fourth-order valence-corrected chi connectivity index (χ4v) is 4.18. The number of furan rings is 1. The van der Waals surface area contributed by atoms with Crippen LogP contribution in [0.15, 0.2) is 56.2 Å². The van der Waals surface area contributed by atoms with Crippen LogP contribution in [0.5, 0.6) is 0 Å². The molecule has 0 saturated heterocycles. The molecule has 0 radical (unpaired) electrons. The molecular weight excluding hydrogens is 446 g/mol. The Labute approximate surface area is 172 Å². The van der Waals surface area contributed by atoms with Gasteiger partial charge in [0.2, 0.25) is 0 Å². The van der Waals surface area contributed by atoms with E-state index in [1.807, 2.05) is 6.92 Å². The molecule has 0 saturated carbocycles. The lowest BCUT2D eigenvalue weighted by Gasteiger charge is -2.08. The summed E-state index contributed by atoms with van der Waals surface area (Å²) in [5.41, 5.74) is 1.20. The number of nitrogens with one attached hydrogen (secondary N) is 1. The molecule has 28 heavy (non-hydrogen) atoms. The van der Waals surface area contributed by atoms with Gasteiger partial charge in [-0.15, -0.1) is 0 Å². The third kappa shape index (κ3) is 4.23. The molecule has 3 rings (SSSR count). The number of sulfonamides is 1. The smallest absolute Gasteiger partial charge is 0.342 e. The minimum Gasteiger partial charge on any atom is -0.462 e. The molecule has 3 aromatic rings. The third-order valence-corrected chi connectivity index (χ3v) is 6.02. The molecule has 0 aliphatic heterocycles. The SMILES string of the molecule is CCCc1oc2ccc(NS(=O)(=O)c3ccc(Br)cc3)cc2c1C(=O)OCC. The van der Waals surface area contributed by atoms with Crippen LogP contribution < -0.4 is 4.72 Å². The van der Waals surface area contributed by atoms with Gasteiger partial charge in [0, 0.05) is 22.0 Å². The number of carbonyl (C=O) groups excluding carboxylic acids is 1. The highest BCUT2D eigenvalue weighted by atomic mass is 79.9. The maximum absolute atomic E-state index is 12.6. The van der Waals surface area contributed by atoms with E-state index in [4.69, 9.17) is 9.15 Å². The van der Waals surface area contributed by atoms with E-state index < -0.39 is 16.0 Å². The van der Waals surface area contributed by atoms with Gasteiger partial charge < -0.3 is 9.15 Å². The standard InChI is InChI=1S/C20H20BrNO5S/c1-3-5-18-19(20(23)26-4-2)16-12-14(8-11-17(16)27-18)22-28(24,25)15-9-6-13(21)7-10-15/h6-12,22H,3-5H2,1-2H3. The maximum Gasteiger partial charge on any atom is 0.342 e. The van der Waals surface area contributed by atoms with Gasteiger partial charge in [-0.25, -0.2) is 13.2 Å². The van der Waals surface area contributed by atoms with E-state index in [0.717, 1.165) is 10.9 Å². The van der Waals surface area contributed by atoms with Crippen molar-refractivity contribution in [2.75, 3.05) is 11.3 Å². The Morgan fingerprint density at radius 3 is 2.50 bits per heavy atom. The number of fused-ring (bicyclic) bond motifs is 1. The summed E-state index contributed by atoms with van der Waals surface area (Å²) in [6.07, 6.45) is 1.39. The second kappa shape index (κ2) is 8.36. The van der Waals surface area contributed by atoms with Crippen LogP contribution in [0.4, 0.5) is 5.69 Å². The Hall–Kier alpha value is -2.32. The summed E-state index contributed by atoms with van der Waals surface area (Å²) >= 11 is 3.29. The lowest BCUT2D eigenvalue weighted by atomic mass is 10.1. The van der Waals surface area contributed by atoms with Crippen molar-refractivity contribution in [2.45, 2.75) is 31.6 Å². The van der Waals surface area contributed by atoms with E-state index in [9.17, 15) is 13.2 Å². The van der Waals surface area contributed by atoms with Crippen molar-refractivity contribution >= 4 is 48.6 Å². The number of hydrogen-bond donors (Lipinski definition) is 1. The summed E-state index contributed by atoms with van der Waals surface area (Å²) in [5, 5.41) is 0.526. The third-order valence-electron chi connectivity index (χ3n) is 4.09. The first-order chi connectivity index (χ1) is 13.4. The van der Waals surface area contributed by atoms with Crippen molar-refractivity contribution in [2.24, 2.45) is 0 Å². The molecule has 1 aromatic heterocycles. The monoisotopic (exact) mass is 465 g/mol. The van der Waals surface area contributed by atoms with Gasteiger partial charge in [0.25, 0.3) is 10.0 Å².